The molecule has 1 aliphatic heterocycles. The van der Waals surface area contributed by atoms with Gasteiger partial charge in [0.15, 0.2) is 0 Å². The third-order valence-corrected chi connectivity index (χ3v) is 2.21. The van der Waals surface area contributed by atoms with Crippen molar-refractivity contribution in [3.05, 3.63) is 0 Å². The maximum Gasteiger partial charge on any atom is 0.0758 e. The Morgan fingerprint density at radius 2 is 2.10 bits per heavy atom. The van der Waals surface area contributed by atoms with E-state index in [0.717, 1.165) is 19.5 Å². The number of hydrogen-bond donors (Lipinski definition) is 1. The van der Waals surface area contributed by atoms with Gasteiger partial charge in [0.25, 0.3) is 0 Å². The Labute approximate surface area is 62.8 Å². The van der Waals surface area contributed by atoms with Gasteiger partial charge in [0.05, 0.1) is 5.60 Å². The minimum atomic E-state index is -0.426. The molecule has 0 spiro atoms. The highest BCUT2D eigenvalue weighted by atomic mass is 16.3. The van der Waals surface area contributed by atoms with Gasteiger partial charge in [0, 0.05) is 19.1 Å². The normalized spacial score (nSPS) is 35.7. The van der Waals surface area contributed by atoms with Crippen LogP contribution in [0.25, 0.3) is 0 Å². The molecule has 0 saturated carbocycles. The second-order valence-electron chi connectivity index (χ2n) is 3.81. The number of aliphatic hydroxyl groups is 1. The zero-order valence-corrected chi connectivity index (χ0v) is 7.09. The van der Waals surface area contributed by atoms with E-state index in [2.05, 4.69) is 18.7 Å². The lowest BCUT2D eigenvalue weighted by Crippen LogP contribution is -2.33. The van der Waals surface area contributed by atoms with Crippen LogP contribution in [0.4, 0.5) is 0 Å². The molecule has 1 N–H and O–H groups in total. The van der Waals surface area contributed by atoms with E-state index in [0.29, 0.717) is 6.04 Å². The zero-order valence-electron chi connectivity index (χ0n) is 7.09. The number of hydrogen-bond acceptors (Lipinski definition) is 2. The third kappa shape index (κ3) is 1.70. The van der Waals surface area contributed by atoms with Gasteiger partial charge < -0.3 is 5.11 Å². The Kier molecular flexibility index (Phi) is 2.02. The molecule has 0 bridgehead atoms. The second kappa shape index (κ2) is 2.51. The Morgan fingerprint density at radius 3 is 2.30 bits per heavy atom. The number of nitrogens with zero attached hydrogens (tertiary/aromatic N) is 1. The van der Waals surface area contributed by atoms with Crippen LogP contribution in [0.3, 0.4) is 0 Å². The van der Waals surface area contributed by atoms with Crippen LogP contribution in [0, 0.1) is 0 Å². The largest absolute Gasteiger partial charge is 0.389 e. The molecule has 60 valence electrons. The summed E-state index contributed by atoms with van der Waals surface area (Å²) in [6, 6.07) is 0.578. The van der Waals surface area contributed by atoms with E-state index in [1.54, 1.807) is 0 Å². The van der Waals surface area contributed by atoms with E-state index in [4.69, 9.17) is 0 Å². The maximum absolute atomic E-state index is 9.57. The summed E-state index contributed by atoms with van der Waals surface area (Å²) < 4.78 is 0. The van der Waals surface area contributed by atoms with Crippen LogP contribution in [-0.4, -0.2) is 34.7 Å². The molecular formula is C8H17NO. The van der Waals surface area contributed by atoms with Crippen LogP contribution in [0.15, 0.2) is 0 Å². The van der Waals surface area contributed by atoms with Gasteiger partial charge in [0.1, 0.15) is 0 Å². The van der Waals surface area contributed by atoms with Crippen molar-refractivity contribution in [2.75, 3.05) is 13.1 Å². The van der Waals surface area contributed by atoms with Gasteiger partial charge in [-0.2, -0.15) is 0 Å². The summed E-state index contributed by atoms with van der Waals surface area (Å²) in [5, 5.41) is 9.57. The molecule has 0 aromatic carbocycles. The maximum atomic E-state index is 9.57. The summed E-state index contributed by atoms with van der Waals surface area (Å²) in [6.45, 7) is 8.13. The lowest BCUT2D eigenvalue weighted by atomic mass is 10.1. The van der Waals surface area contributed by atoms with Gasteiger partial charge in [0.2, 0.25) is 0 Å². The predicted molar refractivity (Wildman–Crippen MR) is 41.9 cm³/mol. The standard InChI is InChI=1S/C8H17NO/c1-7(2)9-5-4-8(3,10)6-9/h7,10H,4-6H2,1-3H3. The molecule has 1 atom stereocenters. The molecule has 1 aliphatic rings. The van der Waals surface area contributed by atoms with E-state index >= 15 is 0 Å². The summed E-state index contributed by atoms with van der Waals surface area (Å²) in [4.78, 5) is 2.31. The molecule has 1 fully saturated rings. The van der Waals surface area contributed by atoms with Crippen molar-refractivity contribution in [2.24, 2.45) is 0 Å². The first-order chi connectivity index (χ1) is 4.51. The highest BCUT2D eigenvalue weighted by Crippen LogP contribution is 2.21. The van der Waals surface area contributed by atoms with Gasteiger partial charge in [-0.15, -0.1) is 0 Å². The fraction of sp³-hybridized carbons (Fsp3) is 1.00. The zero-order chi connectivity index (χ0) is 7.78. The molecule has 1 heterocycles. The van der Waals surface area contributed by atoms with E-state index in [9.17, 15) is 5.11 Å². The molecule has 0 aromatic rings. The molecule has 0 radical (unpaired) electrons. The predicted octanol–water partition coefficient (Wildman–Crippen LogP) is 0.851. The monoisotopic (exact) mass is 143 g/mol. The van der Waals surface area contributed by atoms with Crippen molar-refractivity contribution in [3.8, 4) is 0 Å². The molecule has 2 heteroatoms. The van der Waals surface area contributed by atoms with Crippen LogP contribution >= 0.6 is 0 Å². The van der Waals surface area contributed by atoms with E-state index in [-0.39, 0.29) is 0 Å². The van der Waals surface area contributed by atoms with Crippen LogP contribution in [0.5, 0.6) is 0 Å². The van der Waals surface area contributed by atoms with Crippen molar-refractivity contribution in [3.63, 3.8) is 0 Å². The third-order valence-electron chi connectivity index (χ3n) is 2.21. The molecule has 1 rings (SSSR count). The lowest BCUT2D eigenvalue weighted by molar-refractivity contribution is 0.0646. The summed E-state index contributed by atoms with van der Waals surface area (Å²) in [5.41, 5.74) is -0.426. The molecule has 0 aliphatic carbocycles. The first kappa shape index (κ1) is 8.02. The van der Waals surface area contributed by atoms with E-state index in [1.165, 1.54) is 0 Å². The first-order valence-corrected chi connectivity index (χ1v) is 3.98. The number of rotatable bonds is 1. The van der Waals surface area contributed by atoms with Crippen molar-refractivity contribution >= 4 is 0 Å². The Morgan fingerprint density at radius 1 is 1.50 bits per heavy atom. The molecule has 0 amide bonds. The highest BCUT2D eigenvalue weighted by Gasteiger charge is 2.31. The van der Waals surface area contributed by atoms with E-state index < -0.39 is 5.60 Å². The lowest BCUT2D eigenvalue weighted by Gasteiger charge is -2.21. The quantitative estimate of drug-likeness (QED) is 0.588. The van der Waals surface area contributed by atoms with Crippen molar-refractivity contribution in [1.29, 1.82) is 0 Å². The molecule has 0 aromatic heterocycles. The molecule has 10 heavy (non-hydrogen) atoms. The van der Waals surface area contributed by atoms with Gasteiger partial charge in [-0.05, 0) is 27.2 Å². The summed E-state index contributed by atoms with van der Waals surface area (Å²) in [7, 11) is 0. The minimum absolute atomic E-state index is 0.426. The molecular weight excluding hydrogens is 126 g/mol. The van der Waals surface area contributed by atoms with Gasteiger partial charge in [-0.1, -0.05) is 0 Å². The van der Waals surface area contributed by atoms with Crippen LogP contribution < -0.4 is 0 Å². The van der Waals surface area contributed by atoms with Crippen molar-refractivity contribution in [2.45, 2.75) is 38.8 Å². The van der Waals surface area contributed by atoms with E-state index in [1.807, 2.05) is 6.92 Å². The SMILES string of the molecule is CC(C)N1CCC(C)(O)C1. The Bertz CT molecular complexity index is 120. The fourth-order valence-electron chi connectivity index (χ4n) is 1.42. The van der Waals surface area contributed by atoms with Crippen LogP contribution in [0.2, 0.25) is 0 Å². The topological polar surface area (TPSA) is 23.5 Å². The smallest absolute Gasteiger partial charge is 0.0758 e. The Balaban J connectivity index is 2.43. The average molecular weight is 143 g/mol. The van der Waals surface area contributed by atoms with Crippen LogP contribution in [-0.2, 0) is 0 Å². The average Bonchev–Trinajstić information content (AvgIpc) is 2.10. The summed E-state index contributed by atoms with van der Waals surface area (Å²) in [5.74, 6) is 0. The minimum Gasteiger partial charge on any atom is -0.389 e. The number of likely N-dealkylation sites (tertiary alicyclic amines) is 1. The molecule has 2 nitrogen and oxygen atoms in total. The van der Waals surface area contributed by atoms with Gasteiger partial charge in [-0.25, -0.2) is 0 Å². The number of β-amino-alcohol motifs (C(OH)–C–C–N with tert-alkyl or cyclic N) is 1. The highest BCUT2D eigenvalue weighted by molar-refractivity contribution is 4.86. The summed E-state index contributed by atoms with van der Waals surface area (Å²) >= 11 is 0. The fourth-order valence-corrected chi connectivity index (χ4v) is 1.42. The van der Waals surface area contributed by atoms with Gasteiger partial charge in [-0.3, -0.25) is 4.90 Å². The molecule has 1 unspecified atom stereocenters. The van der Waals surface area contributed by atoms with Crippen molar-refractivity contribution in [1.82, 2.24) is 4.90 Å². The Hall–Kier alpha value is -0.0800. The first-order valence-electron chi connectivity index (χ1n) is 3.98. The molecule has 1 saturated heterocycles. The second-order valence-corrected chi connectivity index (χ2v) is 3.81. The van der Waals surface area contributed by atoms with Gasteiger partial charge >= 0.3 is 0 Å². The van der Waals surface area contributed by atoms with Crippen LogP contribution in [0.1, 0.15) is 27.2 Å². The van der Waals surface area contributed by atoms with Crippen molar-refractivity contribution < 1.29 is 5.11 Å². The summed E-state index contributed by atoms with van der Waals surface area (Å²) in [6.07, 6.45) is 0.922.